The van der Waals surface area contributed by atoms with Crippen LogP contribution in [0.1, 0.15) is 12.8 Å². The zero-order valence-electron chi connectivity index (χ0n) is 9.56. The maximum Gasteiger partial charge on any atom is 0.250 e. The summed E-state index contributed by atoms with van der Waals surface area (Å²) >= 11 is 1.28. The molecule has 0 unspecified atom stereocenters. The lowest BCUT2D eigenvalue weighted by atomic mass is 9.85. The highest BCUT2D eigenvalue weighted by molar-refractivity contribution is 7.91. The fourth-order valence-electron chi connectivity index (χ4n) is 2.94. The van der Waals surface area contributed by atoms with E-state index in [4.69, 9.17) is 0 Å². The Morgan fingerprint density at radius 3 is 2.65 bits per heavy atom. The average Bonchev–Trinajstić information content (AvgIpc) is 2.84. The second kappa shape index (κ2) is 4.35. The minimum Gasteiger partial charge on any atom is -0.334 e. The summed E-state index contributed by atoms with van der Waals surface area (Å²) in [6, 6.07) is 3.59. The molecule has 2 N–H and O–H groups in total. The van der Waals surface area contributed by atoms with Gasteiger partial charge in [0.1, 0.15) is 4.21 Å². The van der Waals surface area contributed by atoms with Gasteiger partial charge >= 0.3 is 0 Å². The molecule has 4 rings (SSSR count). The van der Waals surface area contributed by atoms with E-state index in [0.717, 1.165) is 19.4 Å². The third kappa shape index (κ3) is 2.27. The van der Waals surface area contributed by atoms with Crippen LogP contribution in [0.2, 0.25) is 0 Å². The van der Waals surface area contributed by atoms with Gasteiger partial charge in [-0.3, -0.25) is 0 Å². The van der Waals surface area contributed by atoms with Gasteiger partial charge in [-0.25, -0.2) is 13.1 Å². The van der Waals surface area contributed by atoms with Crippen molar-refractivity contribution in [1.29, 1.82) is 0 Å². The maximum atomic E-state index is 12.1. The molecule has 0 amide bonds. The lowest BCUT2D eigenvalue weighted by Gasteiger charge is -2.41. The molecule has 2 bridgehead atoms. The molecule has 17 heavy (non-hydrogen) atoms. The topological polar surface area (TPSA) is 50.6 Å². The van der Waals surface area contributed by atoms with Gasteiger partial charge in [0.15, 0.2) is 0 Å². The highest BCUT2D eigenvalue weighted by Crippen LogP contribution is 2.22. The number of piperidine rings is 3. The molecule has 1 atom stereocenters. The normalized spacial score (nSPS) is 32.8. The molecular formula is C11H17N2O2S2+. The molecule has 3 aliphatic rings. The van der Waals surface area contributed by atoms with Crippen LogP contribution in [0.3, 0.4) is 0 Å². The average molecular weight is 273 g/mol. The fraction of sp³-hybridized carbons (Fsp3) is 0.636. The van der Waals surface area contributed by atoms with E-state index in [-0.39, 0.29) is 6.04 Å². The number of quaternary nitrogens is 1. The molecule has 3 fully saturated rings. The molecule has 0 spiro atoms. The van der Waals surface area contributed by atoms with E-state index in [0.29, 0.717) is 10.1 Å². The summed E-state index contributed by atoms with van der Waals surface area (Å²) in [7, 11) is -3.28. The third-order valence-corrected chi connectivity index (χ3v) is 6.77. The minimum absolute atomic E-state index is 0.139. The standard InChI is InChI=1S/C11H16N2O2S2/c14-17(15,11-2-1-7-16-11)12-10-8-13-5-3-9(10)4-6-13/h1-2,7,9-10,12H,3-6,8H2/p+1/t10-/m0/s1. The third-order valence-electron chi connectivity index (χ3n) is 3.88. The van der Waals surface area contributed by atoms with Crippen molar-refractivity contribution in [2.75, 3.05) is 19.6 Å². The van der Waals surface area contributed by atoms with Gasteiger partial charge in [-0.15, -0.1) is 11.3 Å². The molecule has 4 heterocycles. The quantitative estimate of drug-likeness (QED) is 0.795. The van der Waals surface area contributed by atoms with Crippen LogP contribution < -0.4 is 9.62 Å². The van der Waals surface area contributed by atoms with Crippen LogP contribution in [0.5, 0.6) is 0 Å². The van der Waals surface area contributed by atoms with E-state index in [1.165, 1.54) is 24.4 Å². The molecule has 94 valence electrons. The summed E-state index contributed by atoms with van der Waals surface area (Å²) in [4.78, 5) is 1.55. The SMILES string of the molecule is O=S(=O)(N[C@H]1C[NH+]2CCC1CC2)c1cccs1. The number of thiophene rings is 1. The predicted molar refractivity (Wildman–Crippen MR) is 66.7 cm³/mol. The van der Waals surface area contributed by atoms with Crippen molar-refractivity contribution in [1.82, 2.24) is 4.72 Å². The molecule has 1 aromatic rings. The highest BCUT2D eigenvalue weighted by atomic mass is 32.2. The van der Waals surface area contributed by atoms with Gasteiger partial charge in [-0.1, -0.05) is 6.07 Å². The van der Waals surface area contributed by atoms with Crippen LogP contribution in [0.15, 0.2) is 21.7 Å². The fourth-order valence-corrected chi connectivity index (χ4v) is 5.26. The van der Waals surface area contributed by atoms with Crippen LogP contribution in [-0.2, 0) is 10.0 Å². The van der Waals surface area contributed by atoms with E-state index in [1.807, 2.05) is 0 Å². The number of nitrogens with one attached hydrogen (secondary N) is 2. The number of rotatable bonds is 3. The molecular weight excluding hydrogens is 256 g/mol. The lowest BCUT2D eigenvalue weighted by Crippen LogP contribution is -3.17. The maximum absolute atomic E-state index is 12.1. The largest absolute Gasteiger partial charge is 0.334 e. The molecule has 4 nitrogen and oxygen atoms in total. The highest BCUT2D eigenvalue weighted by Gasteiger charge is 2.39. The van der Waals surface area contributed by atoms with Gasteiger partial charge in [-0.05, 0) is 17.4 Å². The van der Waals surface area contributed by atoms with Gasteiger partial charge in [0.2, 0.25) is 0 Å². The molecule has 3 saturated heterocycles. The molecule has 0 radical (unpaired) electrons. The summed E-state index contributed by atoms with van der Waals surface area (Å²) < 4.78 is 27.6. The number of hydrogen-bond acceptors (Lipinski definition) is 3. The van der Waals surface area contributed by atoms with Gasteiger partial charge in [0, 0.05) is 12.8 Å². The Bertz CT molecular complexity index is 476. The van der Waals surface area contributed by atoms with E-state index in [9.17, 15) is 8.42 Å². The van der Waals surface area contributed by atoms with E-state index in [1.54, 1.807) is 22.4 Å². The zero-order valence-corrected chi connectivity index (χ0v) is 11.2. The number of hydrogen-bond donors (Lipinski definition) is 2. The van der Waals surface area contributed by atoms with Gasteiger partial charge in [0.25, 0.3) is 10.0 Å². The van der Waals surface area contributed by atoms with Crippen molar-refractivity contribution < 1.29 is 13.3 Å². The monoisotopic (exact) mass is 273 g/mol. The molecule has 0 aliphatic carbocycles. The first-order valence-electron chi connectivity index (χ1n) is 6.04. The Labute approximate surface area is 106 Å². The van der Waals surface area contributed by atoms with Gasteiger partial charge in [-0.2, -0.15) is 0 Å². The summed E-state index contributed by atoms with van der Waals surface area (Å²) in [5, 5.41) is 1.80. The first-order valence-corrected chi connectivity index (χ1v) is 8.41. The first-order chi connectivity index (χ1) is 8.15. The Morgan fingerprint density at radius 2 is 2.12 bits per heavy atom. The molecule has 1 aromatic heterocycles. The second-order valence-corrected chi connectivity index (χ2v) is 7.84. The van der Waals surface area contributed by atoms with Crippen LogP contribution in [0, 0.1) is 5.92 Å². The van der Waals surface area contributed by atoms with Crippen molar-refractivity contribution in [2.45, 2.75) is 23.1 Å². The predicted octanol–water partition coefficient (Wildman–Crippen LogP) is -0.297. The van der Waals surface area contributed by atoms with Crippen molar-refractivity contribution in [2.24, 2.45) is 5.92 Å². The van der Waals surface area contributed by atoms with Gasteiger partial charge in [0.05, 0.1) is 25.7 Å². The van der Waals surface area contributed by atoms with Crippen LogP contribution in [0.4, 0.5) is 0 Å². The number of sulfonamides is 1. The van der Waals surface area contributed by atoms with Crippen molar-refractivity contribution in [3.8, 4) is 0 Å². The van der Waals surface area contributed by atoms with Crippen molar-refractivity contribution >= 4 is 21.4 Å². The second-order valence-electron chi connectivity index (χ2n) is 4.95. The van der Waals surface area contributed by atoms with Gasteiger partial charge < -0.3 is 4.90 Å². The van der Waals surface area contributed by atoms with E-state index < -0.39 is 10.0 Å². The zero-order chi connectivity index (χ0) is 11.9. The summed E-state index contributed by atoms with van der Waals surface area (Å²) in [5.41, 5.74) is 0. The van der Waals surface area contributed by atoms with E-state index >= 15 is 0 Å². The van der Waals surface area contributed by atoms with Crippen molar-refractivity contribution in [3.63, 3.8) is 0 Å². The summed E-state index contributed by atoms with van der Waals surface area (Å²) in [6.07, 6.45) is 2.32. The Balaban J connectivity index is 1.75. The lowest BCUT2D eigenvalue weighted by molar-refractivity contribution is -0.917. The minimum atomic E-state index is -3.28. The Hall–Kier alpha value is -0.430. The van der Waals surface area contributed by atoms with Crippen LogP contribution in [-0.4, -0.2) is 34.1 Å². The molecule has 3 aliphatic heterocycles. The van der Waals surface area contributed by atoms with Crippen LogP contribution in [0.25, 0.3) is 0 Å². The van der Waals surface area contributed by atoms with Crippen LogP contribution >= 0.6 is 11.3 Å². The number of fused-ring (bicyclic) bond motifs is 3. The van der Waals surface area contributed by atoms with Crippen molar-refractivity contribution in [3.05, 3.63) is 17.5 Å². The first kappa shape index (κ1) is 11.6. The summed E-state index contributed by atoms with van der Waals surface area (Å²) in [5.74, 6) is 0.544. The molecule has 0 aromatic carbocycles. The Kier molecular flexibility index (Phi) is 2.98. The molecule has 0 saturated carbocycles. The molecule has 6 heteroatoms. The smallest absolute Gasteiger partial charge is 0.250 e. The Morgan fingerprint density at radius 1 is 1.35 bits per heavy atom. The van der Waals surface area contributed by atoms with E-state index in [2.05, 4.69) is 4.72 Å². The summed E-state index contributed by atoms with van der Waals surface area (Å²) in [6.45, 7) is 3.37.